The third kappa shape index (κ3) is 2.12. The molecule has 1 aliphatic heterocycles. The molecule has 0 aliphatic carbocycles. The number of nitrogens with zero attached hydrogens (tertiary/aromatic N) is 1. The van der Waals surface area contributed by atoms with Gasteiger partial charge in [0.2, 0.25) is 0 Å². The Hall–Kier alpha value is -0.900. The van der Waals surface area contributed by atoms with Crippen molar-refractivity contribution in [2.24, 2.45) is 0 Å². The normalized spacial score (nSPS) is 21.9. The second-order valence-electron chi connectivity index (χ2n) is 3.62. The highest BCUT2D eigenvalue weighted by atomic mass is 16.3. The van der Waals surface area contributed by atoms with E-state index in [-0.39, 0.29) is 6.61 Å². The van der Waals surface area contributed by atoms with E-state index in [0.717, 1.165) is 19.6 Å². The number of hydrogen-bond acceptors (Lipinski definition) is 3. The van der Waals surface area contributed by atoms with E-state index < -0.39 is 0 Å². The first kappa shape index (κ1) is 9.65. The van der Waals surface area contributed by atoms with Gasteiger partial charge in [0, 0.05) is 13.2 Å². The Kier molecular flexibility index (Phi) is 3.14. The average molecular weight is 192 g/mol. The molecule has 1 saturated heterocycles. The van der Waals surface area contributed by atoms with Crippen molar-refractivity contribution in [3.05, 3.63) is 35.9 Å². The third-order valence-electron chi connectivity index (χ3n) is 2.60. The minimum atomic E-state index is 0.253. The summed E-state index contributed by atoms with van der Waals surface area (Å²) in [7, 11) is 0. The molecule has 1 fully saturated rings. The second-order valence-corrected chi connectivity index (χ2v) is 3.62. The summed E-state index contributed by atoms with van der Waals surface area (Å²) in [5, 5.41) is 12.1. The molecular weight excluding hydrogens is 176 g/mol. The zero-order chi connectivity index (χ0) is 9.80. The van der Waals surface area contributed by atoms with Crippen molar-refractivity contribution in [2.75, 3.05) is 13.3 Å². The summed E-state index contributed by atoms with van der Waals surface area (Å²) in [4.78, 5) is 2.32. The van der Waals surface area contributed by atoms with E-state index in [9.17, 15) is 0 Å². The molecule has 3 nitrogen and oxygen atoms in total. The van der Waals surface area contributed by atoms with Crippen LogP contribution < -0.4 is 5.32 Å². The lowest BCUT2D eigenvalue weighted by molar-refractivity contribution is 0.0225. The van der Waals surface area contributed by atoms with Gasteiger partial charge in [-0.1, -0.05) is 30.3 Å². The quantitative estimate of drug-likeness (QED) is 0.739. The lowest BCUT2D eigenvalue weighted by Gasteiger charge is -2.42. The molecule has 1 unspecified atom stereocenters. The van der Waals surface area contributed by atoms with E-state index in [2.05, 4.69) is 34.5 Å². The highest BCUT2D eigenvalue weighted by Gasteiger charge is 2.25. The van der Waals surface area contributed by atoms with E-state index in [4.69, 9.17) is 5.11 Å². The highest BCUT2D eigenvalue weighted by Crippen LogP contribution is 2.13. The van der Waals surface area contributed by atoms with Gasteiger partial charge in [-0.2, -0.15) is 0 Å². The lowest BCUT2D eigenvalue weighted by Crippen LogP contribution is -2.61. The first-order chi connectivity index (χ1) is 6.90. The molecule has 2 N–H and O–H groups in total. The van der Waals surface area contributed by atoms with E-state index in [1.165, 1.54) is 5.56 Å². The van der Waals surface area contributed by atoms with Crippen molar-refractivity contribution in [3.63, 3.8) is 0 Å². The maximum atomic E-state index is 8.82. The van der Waals surface area contributed by atoms with Crippen LogP contribution in [0.15, 0.2) is 30.3 Å². The summed E-state index contributed by atoms with van der Waals surface area (Å²) >= 11 is 0. The van der Waals surface area contributed by atoms with Crippen LogP contribution >= 0.6 is 0 Å². The van der Waals surface area contributed by atoms with Gasteiger partial charge in [-0.3, -0.25) is 10.2 Å². The minimum Gasteiger partial charge on any atom is -0.396 e. The van der Waals surface area contributed by atoms with Crippen LogP contribution in [0.2, 0.25) is 0 Å². The van der Waals surface area contributed by atoms with Crippen LogP contribution in [0.3, 0.4) is 0 Å². The van der Waals surface area contributed by atoms with Gasteiger partial charge in [0.1, 0.15) is 0 Å². The standard InChI is InChI=1S/C11H16N2O/c14-7-6-11-12-9-13(11)8-10-4-2-1-3-5-10/h1-5,11-12,14H,6-9H2. The van der Waals surface area contributed by atoms with E-state index in [1.807, 2.05) is 6.07 Å². The van der Waals surface area contributed by atoms with Crippen LogP contribution in [0, 0.1) is 0 Å². The van der Waals surface area contributed by atoms with Gasteiger partial charge in [-0.05, 0) is 12.0 Å². The van der Waals surface area contributed by atoms with Crippen molar-refractivity contribution >= 4 is 0 Å². The Bertz CT molecular complexity index is 276. The smallest absolute Gasteiger partial charge is 0.0643 e. The summed E-state index contributed by atoms with van der Waals surface area (Å²) in [6.45, 7) is 2.15. The zero-order valence-electron chi connectivity index (χ0n) is 8.19. The highest BCUT2D eigenvalue weighted by molar-refractivity contribution is 5.14. The lowest BCUT2D eigenvalue weighted by atomic mass is 10.1. The Labute approximate surface area is 84.4 Å². The Morgan fingerprint density at radius 2 is 2.14 bits per heavy atom. The zero-order valence-corrected chi connectivity index (χ0v) is 8.19. The SMILES string of the molecule is OCCC1NCN1Cc1ccccc1. The molecule has 2 rings (SSSR count). The first-order valence-corrected chi connectivity index (χ1v) is 5.02. The average Bonchev–Trinajstić information content (AvgIpc) is 2.23. The first-order valence-electron chi connectivity index (χ1n) is 5.02. The molecule has 1 aromatic carbocycles. The predicted molar refractivity (Wildman–Crippen MR) is 55.5 cm³/mol. The van der Waals surface area contributed by atoms with Crippen LogP contribution in [0.4, 0.5) is 0 Å². The van der Waals surface area contributed by atoms with Crippen molar-refractivity contribution in [3.8, 4) is 0 Å². The minimum absolute atomic E-state index is 0.253. The molecule has 3 heteroatoms. The monoisotopic (exact) mass is 192 g/mol. The molecule has 1 aliphatic rings. The Morgan fingerprint density at radius 1 is 1.36 bits per heavy atom. The molecule has 1 heterocycles. The number of aliphatic hydroxyl groups excluding tert-OH is 1. The number of hydrogen-bond donors (Lipinski definition) is 2. The molecule has 1 atom stereocenters. The van der Waals surface area contributed by atoms with E-state index in [0.29, 0.717) is 6.17 Å². The van der Waals surface area contributed by atoms with Gasteiger partial charge in [0.25, 0.3) is 0 Å². The number of rotatable bonds is 4. The predicted octanol–water partition coefficient (Wildman–Crippen LogP) is 0.758. The van der Waals surface area contributed by atoms with Gasteiger partial charge in [0.05, 0.1) is 12.8 Å². The van der Waals surface area contributed by atoms with E-state index in [1.54, 1.807) is 0 Å². The van der Waals surface area contributed by atoms with Crippen molar-refractivity contribution in [2.45, 2.75) is 19.1 Å². The fraction of sp³-hybridized carbons (Fsp3) is 0.455. The molecule has 14 heavy (non-hydrogen) atoms. The molecule has 0 saturated carbocycles. The van der Waals surface area contributed by atoms with Gasteiger partial charge in [-0.15, -0.1) is 0 Å². The molecule has 0 aromatic heterocycles. The van der Waals surface area contributed by atoms with Gasteiger partial charge in [0.15, 0.2) is 0 Å². The summed E-state index contributed by atoms with van der Waals surface area (Å²) in [5.41, 5.74) is 1.33. The Balaban J connectivity index is 1.86. The second kappa shape index (κ2) is 4.55. The molecular formula is C11H16N2O. The maximum Gasteiger partial charge on any atom is 0.0643 e. The third-order valence-corrected chi connectivity index (χ3v) is 2.60. The van der Waals surface area contributed by atoms with Gasteiger partial charge >= 0.3 is 0 Å². The van der Waals surface area contributed by atoms with Gasteiger partial charge < -0.3 is 5.11 Å². The van der Waals surface area contributed by atoms with Crippen molar-refractivity contribution in [1.82, 2.24) is 10.2 Å². The number of benzene rings is 1. The molecule has 0 radical (unpaired) electrons. The molecule has 0 bridgehead atoms. The van der Waals surface area contributed by atoms with Crippen LogP contribution in [-0.4, -0.2) is 29.4 Å². The number of aliphatic hydroxyl groups is 1. The molecule has 0 spiro atoms. The fourth-order valence-corrected chi connectivity index (χ4v) is 1.74. The van der Waals surface area contributed by atoms with Crippen LogP contribution in [0.5, 0.6) is 0 Å². The largest absolute Gasteiger partial charge is 0.396 e. The molecule has 0 amide bonds. The molecule has 1 aromatic rings. The summed E-state index contributed by atoms with van der Waals surface area (Å²) in [6.07, 6.45) is 1.17. The maximum absolute atomic E-state index is 8.82. The van der Waals surface area contributed by atoms with Crippen LogP contribution in [0.1, 0.15) is 12.0 Å². The topological polar surface area (TPSA) is 35.5 Å². The van der Waals surface area contributed by atoms with Crippen molar-refractivity contribution in [1.29, 1.82) is 0 Å². The van der Waals surface area contributed by atoms with Gasteiger partial charge in [-0.25, -0.2) is 0 Å². The Morgan fingerprint density at radius 3 is 2.71 bits per heavy atom. The fourth-order valence-electron chi connectivity index (χ4n) is 1.74. The summed E-state index contributed by atoms with van der Waals surface area (Å²) < 4.78 is 0. The van der Waals surface area contributed by atoms with Crippen LogP contribution in [-0.2, 0) is 6.54 Å². The molecule has 76 valence electrons. The summed E-state index contributed by atoms with van der Waals surface area (Å²) in [6, 6.07) is 10.4. The van der Waals surface area contributed by atoms with E-state index >= 15 is 0 Å². The number of nitrogens with one attached hydrogen (secondary N) is 1. The van der Waals surface area contributed by atoms with Crippen LogP contribution in [0.25, 0.3) is 0 Å². The summed E-state index contributed by atoms with van der Waals surface area (Å²) in [5.74, 6) is 0. The van der Waals surface area contributed by atoms with Crippen molar-refractivity contribution < 1.29 is 5.11 Å².